The number of hydrogen-bond donors (Lipinski definition) is 1. The van der Waals surface area contributed by atoms with Crippen molar-refractivity contribution in [1.29, 1.82) is 0 Å². The van der Waals surface area contributed by atoms with E-state index in [1.165, 1.54) is 24.3 Å². The van der Waals surface area contributed by atoms with E-state index >= 15 is 0 Å². The lowest BCUT2D eigenvalue weighted by molar-refractivity contribution is 0.0944. The van der Waals surface area contributed by atoms with E-state index in [-0.39, 0.29) is 17.1 Å². The van der Waals surface area contributed by atoms with Crippen LogP contribution in [0.15, 0.2) is 47.4 Å². The second-order valence-corrected chi connectivity index (χ2v) is 6.46. The molecule has 0 saturated carbocycles. The Labute approximate surface area is 121 Å². The number of nitrogens with zero attached hydrogens (tertiary/aromatic N) is 1. The summed E-state index contributed by atoms with van der Waals surface area (Å²) in [5.74, 6) is -1.22. The van der Waals surface area contributed by atoms with Gasteiger partial charge in [0.15, 0.2) is 9.84 Å². The molecule has 0 fully saturated rings. The van der Waals surface area contributed by atoms with Crippen molar-refractivity contribution in [3.8, 4) is 0 Å². The van der Waals surface area contributed by atoms with Crippen molar-refractivity contribution >= 4 is 15.7 Å². The highest BCUT2D eigenvalue weighted by Gasteiger charge is 2.09. The van der Waals surface area contributed by atoms with Crippen molar-refractivity contribution < 1.29 is 17.6 Å². The topological polar surface area (TPSA) is 76.1 Å². The maximum absolute atomic E-state index is 12.9. The Balaban J connectivity index is 2.02. The highest BCUT2D eigenvalue weighted by Crippen LogP contribution is 2.10. The number of amides is 1. The van der Waals surface area contributed by atoms with E-state index in [2.05, 4.69) is 10.3 Å². The van der Waals surface area contributed by atoms with Gasteiger partial charge in [-0.2, -0.15) is 4.39 Å². The SMILES string of the molecule is CS(=O)(=O)c1ccc(CNC(=O)c2cccc(F)n2)cc1. The molecule has 1 amide bonds. The van der Waals surface area contributed by atoms with Crippen molar-refractivity contribution in [1.82, 2.24) is 10.3 Å². The van der Waals surface area contributed by atoms with Gasteiger partial charge in [0.2, 0.25) is 5.95 Å². The van der Waals surface area contributed by atoms with Crippen LogP contribution in [-0.2, 0) is 16.4 Å². The zero-order chi connectivity index (χ0) is 15.5. The number of sulfone groups is 1. The van der Waals surface area contributed by atoms with Crippen LogP contribution in [0.1, 0.15) is 16.1 Å². The first-order valence-corrected chi connectivity index (χ1v) is 7.95. The summed E-state index contributed by atoms with van der Waals surface area (Å²) in [6.45, 7) is 0.196. The van der Waals surface area contributed by atoms with E-state index in [0.29, 0.717) is 0 Å². The van der Waals surface area contributed by atoms with Crippen molar-refractivity contribution in [2.75, 3.05) is 6.26 Å². The summed E-state index contributed by atoms with van der Waals surface area (Å²) < 4.78 is 35.5. The average Bonchev–Trinajstić information content (AvgIpc) is 2.44. The Morgan fingerprint density at radius 1 is 1.19 bits per heavy atom. The van der Waals surface area contributed by atoms with Crippen LogP contribution in [0.3, 0.4) is 0 Å². The molecule has 0 saturated heterocycles. The van der Waals surface area contributed by atoms with Crippen molar-refractivity contribution in [2.45, 2.75) is 11.4 Å². The average molecular weight is 308 g/mol. The number of benzene rings is 1. The van der Waals surface area contributed by atoms with Crippen molar-refractivity contribution in [2.24, 2.45) is 0 Å². The van der Waals surface area contributed by atoms with Gasteiger partial charge < -0.3 is 5.32 Å². The summed E-state index contributed by atoms with van der Waals surface area (Å²) in [5.41, 5.74) is 0.718. The zero-order valence-corrected chi connectivity index (χ0v) is 12.0. The fourth-order valence-corrected chi connectivity index (χ4v) is 2.29. The maximum Gasteiger partial charge on any atom is 0.270 e. The third-order valence-electron chi connectivity index (χ3n) is 2.75. The lowest BCUT2D eigenvalue weighted by Crippen LogP contribution is -2.24. The number of rotatable bonds is 4. The molecule has 2 aromatic rings. The molecule has 0 aliphatic rings. The highest BCUT2D eigenvalue weighted by molar-refractivity contribution is 7.90. The molecule has 1 N–H and O–H groups in total. The predicted octanol–water partition coefficient (Wildman–Crippen LogP) is 1.55. The van der Waals surface area contributed by atoms with Crippen molar-refractivity contribution in [3.05, 3.63) is 59.7 Å². The van der Waals surface area contributed by atoms with Crippen LogP contribution < -0.4 is 5.32 Å². The lowest BCUT2D eigenvalue weighted by atomic mass is 10.2. The van der Waals surface area contributed by atoms with Gasteiger partial charge in [-0.15, -0.1) is 0 Å². The van der Waals surface area contributed by atoms with Crippen LogP contribution in [0.4, 0.5) is 4.39 Å². The number of carbonyl (C=O) groups excluding carboxylic acids is 1. The molecule has 0 unspecified atom stereocenters. The minimum absolute atomic E-state index is 0.0113. The van der Waals surface area contributed by atoms with Gasteiger partial charge in [-0.1, -0.05) is 18.2 Å². The van der Waals surface area contributed by atoms with E-state index in [1.54, 1.807) is 12.1 Å². The maximum atomic E-state index is 12.9. The predicted molar refractivity (Wildman–Crippen MR) is 74.9 cm³/mol. The second-order valence-electron chi connectivity index (χ2n) is 4.44. The highest BCUT2D eigenvalue weighted by atomic mass is 32.2. The molecule has 1 aromatic heterocycles. The minimum Gasteiger partial charge on any atom is -0.347 e. The minimum atomic E-state index is -3.24. The third kappa shape index (κ3) is 4.09. The molecular weight excluding hydrogens is 295 g/mol. The van der Waals surface area contributed by atoms with Gasteiger partial charge in [0, 0.05) is 12.8 Å². The molecular formula is C14H13FN2O3S. The fraction of sp³-hybridized carbons (Fsp3) is 0.143. The summed E-state index contributed by atoms with van der Waals surface area (Å²) in [7, 11) is -3.24. The fourth-order valence-electron chi connectivity index (χ4n) is 1.66. The molecule has 110 valence electrons. The molecule has 0 spiro atoms. The van der Waals surface area contributed by atoms with Gasteiger partial charge in [-0.25, -0.2) is 13.4 Å². The lowest BCUT2D eigenvalue weighted by Gasteiger charge is -2.06. The number of nitrogens with one attached hydrogen (secondary N) is 1. The Kier molecular flexibility index (Phi) is 4.32. The molecule has 7 heteroatoms. The molecule has 0 bridgehead atoms. The summed E-state index contributed by atoms with van der Waals surface area (Å²) in [4.78, 5) is 15.4. The Hall–Kier alpha value is -2.28. The molecule has 0 atom stereocenters. The molecule has 0 aliphatic heterocycles. The number of pyridine rings is 1. The molecule has 1 heterocycles. The van der Waals surface area contributed by atoms with Gasteiger partial charge in [-0.3, -0.25) is 4.79 Å². The Morgan fingerprint density at radius 3 is 2.43 bits per heavy atom. The number of carbonyl (C=O) groups is 1. The van der Waals surface area contributed by atoms with Crippen LogP contribution in [0.2, 0.25) is 0 Å². The van der Waals surface area contributed by atoms with Crippen LogP contribution in [0.25, 0.3) is 0 Å². The quantitative estimate of drug-likeness (QED) is 0.870. The van der Waals surface area contributed by atoms with Crippen LogP contribution in [-0.4, -0.2) is 25.6 Å². The normalized spacial score (nSPS) is 11.1. The standard InChI is InChI=1S/C14H13FN2O3S/c1-21(19,20)11-7-5-10(6-8-11)9-16-14(18)12-3-2-4-13(15)17-12/h2-8H,9H2,1H3,(H,16,18). The van der Waals surface area contributed by atoms with Crippen LogP contribution >= 0.6 is 0 Å². The zero-order valence-electron chi connectivity index (χ0n) is 11.2. The number of halogens is 1. The van der Waals surface area contributed by atoms with E-state index in [4.69, 9.17) is 0 Å². The van der Waals surface area contributed by atoms with E-state index in [0.717, 1.165) is 17.9 Å². The molecule has 1 aromatic carbocycles. The first kappa shape index (κ1) is 15.1. The molecule has 0 aliphatic carbocycles. The number of hydrogen-bond acceptors (Lipinski definition) is 4. The van der Waals surface area contributed by atoms with Crippen molar-refractivity contribution in [3.63, 3.8) is 0 Å². The first-order valence-electron chi connectivity index (χ1n) is 6.06. The van der Waals surface area contributed by atoms with E-state index in [9.17, 15) is 17.6 Å². The molecule has 0 radical (unpaired) electrons. The Bertz CT molecular complexity index is 758. The largest absolute Gasteiger partial charge is 0.347 e. The number of aromatic nitrogens is 1. The van der Waals surface area contributed by atoms with Gasteiger partial charge in [-0.05, 0) is 29.8 Å². The first-order chi connectivity index (χ1) is 9.86. The third-order valence-corrected chi connectivity index (χ3v) is 3.88. The van der Waals surface area contributed by atoms with Gasteiger partial charge in [0.1, 0.15) is 5.69 Å². The summed E-state index contributed by atoms with van der Waals surface area (Å²) in [6, 6.07) is 10.1. The van der Waals surface area contributed by atoms with E-state index in [1.807, 2.05) is 0 Å². The van der Waals surface area contributed by atoms with Gasteiger partial charge in [0.05, 0.1) is 4.90 Å². The molecule has 5 nitrogen and oxygen atoms in total. The Morgan fingerprint density at radius 2 is 1.86 bits per heavy atom. The second kappa shape index (κ2) is 6.01. The van der Waals surface area contributed by atoms with Gasteiger partial charge >= 0.3 is 0 Å². The molecule has 2 rings (SSSR count). The van der Waals surface area contributed by atoms with E-state index < -0.39 is 21.7 Å². The summed E-state index contributed by atoms with van der Waals surface area (Å²) in [5, 5.41) is 2.58. The smallest absolute Gasteiger partial charge is 0.270 e. The van der Waals surface area contributed by atoms with Crippen LogP contribution in [0.5, 0.6) is 0 Å². The monoisotopic (exact) mass is 308 g/mol. The van der Waals surface area contributed by atoms with Crippen LogP contribution in [0, 0.1) is 5.95 Å². The summed E-state index contributed by atoms with van der Waals surface area (Å²) in [6.07, 6.45) is 1.12. The van der Waals surface area contributed by atoms with Gasteiger partial charge in [0.25, 0.3) is 5.91 Å². The molecule has 21 heavy (non-hydrogen) atoms. The summed E-state index contributed by atoms with van der Waals surface area (Å²) >= 11 is 0.